The SMILES string of the molecule is CCS(=O)(=O)c1ccc(OCCCN)cc1. The molecule has 90 valence electrons. The predicted octanol–water partition coefficient (Wildman–Crippen LogP) is 1.21. The standard InChI is InChI=1S/C11H17NO3S/c1-2-16(13,14)11-6-4-10(5-7-11)15-9-3-8-12/h4-7H,2-3,8-9,12H2,1H3. The molecule has 5 heteroatoms. The van der Waals surface area contributed by atoms with Crippen molar-refractivity contribution in [2.75, 3.05) is 18.9 Å². The van der Waals surface area contributed by atoms with Crippen LogP contribution in [0.1, 0.15) is 13.3 Å². The van der Waals surface area contributed by atoms with Gasteiger partial charge in [-0.2, -0.15) is 0 Å². The minimum Gasteiger partial charge on any atom is -0.494 e. The zero-order valence-corrected chi connectivity index (χ0v) is 10.2. The number of hydrogen-bond donors (Lipinski definition) is 1. The van der Waals surface area contributed by atoms with E-state index in [-0.39, 0.29) is 5.75 Å². The van der Waals surface area contributed by atoms with Gasteiger partial charge < -0.3 is 10.5 Å². The van der Waals surface area contributed by atoms with Crippen LogP contribution < -0.4 is 10.5 Å². The molecule has 0 fully saturated rings. The van der Waals surface area contributed by atoms with E-state index in [4.69, 9.17) is 10.5 Å². The lowest BCUT2D eigenvalue weighted by molar-refractivity contribution is 0.313. The van der Waals surface area contributed by atoms with Crippen molar-refractivity contribution in [1.29, 1.82) is 0 Å². The minimum absolute atomic E-state index is 0.111. The second-order valence-corrected chi connectivity index (χ2v) is 5.64. The summed E-state index contributed by atoms with van der Waals surface area (Å²) in [6, 6.07) is 6.46. The van der Waals surface area contributed by atoms with E-state index < -0.39 is 9.84 Å². The van der Waals surface area contributed by atoms with Crippen molar-refractivity contribution >= 4 is 9.84 Å². The van der Waals surface area contributed by atoms with Gasteiger partial charge in [0.2, 0.25) is 0 Å². The van der Waals surface area contributed by atoms with E-state index >= 15 is 0 Å². The lowest BCUT2D eigenvalue weighted by Gasteiger charge is -2.06. The Bertz CT molecular complexity index is 411. The van der Waals surface area contributed by atoms with Crippen LogP contribution in [0, 0.1) is 0 Å². The molecule has 0 aliphatic rings. The van der Waals surface area contributed by atoms with Crippen LogP contribution in [-0.2, 0) is 9.84 Å². The molecule has 0 bridgehead atoms. The summed E-state index contributed by atoms with van der Waals surface area (Å²) in [6.07, 6.45) is 0.787. The van der Waals surface area contributed by atoms with E-state index in [2.05, 4.69) is 0 Å². The molecule has 0 amide bonds. The van der Waals surface area contributed by atoms with Crippen LogP contribution >= 0.6 is 0 Å². The van der Waals surface area contributed by atoms with Gasteiger partial charge in [0.15, 0.2) is 9.84 Å². The maximum absolute atomic E-state index is 11.5. The monoisotopic (exact) mass is 243 g/mol. The van der Waals surface area contributed by atoms with Gasteiger partial charge in [-0.25, -0.2) is 8.42 Å². The Labute approximate surface area is 96.3 Å². The first-order valence-electron chi connectivity index (χ1n) is 5.26. The van der Waals surface area contributed by atoms with Crippen LogP contribution in [0.25, 0.3) is 0 Å². The minimum atomic E-state index is -3.12. The molecule has 0 heterocycles. The van der Waals surface area contributed by atoms with Crippen molar-refractivity contribution in [3.63, 3.8) is 0 Å². The van der Waals surface area contributed by atoms with Crippen molar-refractivity contribution < 1.29 is 13.2 Å². The second kappa shape index (κ2) is 5.86. The number of rotatable bonds is 6. The van der Waals surface area contributed by atoms with Crippen molar-refractivity contribution in [2.24, 2.45) is 5.73 Å². The fraction of sp³-hybridized carbons (Fsp3) is 0.455. The topological polar surface area (TPSA) is 69.4 Å². The summed E-state index contributed by atoms with van der Waals surface area (Å²) in [5, 5.41) is 0. The van der Waals surface area contributed by atoms with Crippen molar-refractivity contribution in [1.82, 2.24) is 0 Å². The van der Waals surface area contributed by atoms with Gasteiger partial charge in [-0.1, -0.05) is 6.92 Å². The van der Waals surface area contributed by atoms with Crippen LogP contribution in [0.2, 0.25) is 0 Å². The van der Waals surface area contributed by atoms with Crippen LogP contribution in [0.5, 0.6) is 5.75 Å². The fourth-order valence-electron chi connectivity index (χ4n) is 1.18. The first kappa shape index (κ1) is 13.0. The molecule has 0 radical (unpaired) electrons. The van der Waals surface area contributed by atoms with Gasteiger partial charge in [-0.15, -0.1) is 0 Å². The van der Waals surface area contributed by atoms with Gasteiger partial charge in [-0.05, 0) is 37.2 Å². The first-order chi connectivity index (χ1) is 7.60. The van der Waals surface area contributed by atoms with E-state index in [1.807, 2.05) is 0 Å². The maximum Gasteiger partial charge on any atom is 0.178 e. The normalized spacial score (nSPS) is 11.4. The Kier molecular flexibility index (Phi) is 4.76. The van der Waals surface area contributed by atoms with E-state index in [1.54, 1.807) is 31.2 Å². The van der Waals surface area contributed by atoms with E-state index in [0.29, 0.717) is 23.8 Å². The number of hydrogen-bond acceptors (Lipinski definition) is 4. The fourth-order valence-corrected chi connectivity index (χ4v) is 2.07. The average Bonchev–Trinajstić information content (AvgIpc) is 2.30. The highest BCUT2D eigenvalue weighted by Gasteiger charge is 2.10. The molecule has 0 atom stereocenters. The van der Waals surface area contributed by atoms with Crippen LogP contribution in [-0.4, -0.2) is 27.3 Å². The molecular weight excluding hydrogens is 226 g/mol. The zero-order valence-electron chi connectivity index (χ0n) is 9.35. The van der Waals surface area contributed by atoms with E-state index in [9.17, 15) is 8.42 Å². The second-order valence-electron chi connectivity index (χ2n) is 3.37. The number of ether oxygens (including phenoxy) is 1. The van der Waals surface area contributed by atoms with Gasteiger partial charge in [0, 0.05) is 0 Å². The molecule has 0 aliphatic heterocycles. The van der Waals surface area contributed by atoms with E-state index in [0.717, 1.165) is 6.42 Å². The van der Waals surface area contributed by atoms with Gasteiger partial charge in [0.25, 0.3) is 0 Å². The highest BCUT2D eigenvalue weighted by Crippen LogP contribution is 2.16. The molecule has 0 saturated heterocycles. The van der Waals surface area contributed by atoms with Gasteiger partial charge >= 0.3 is 0 Å². The summed E-state index contributed by atoms with van der Waals surface area (Å²) in [5.41, 5.74) is 5.33. The molecule has 0 spiro atoms. The predicted molar refractivity (Wildman–Crippen MR) is 63.3 cm³/mol. The highest BCUT2D eigenvalue weighted by molar-refractivity contribution is 7.91. The molecule has 0 aliphatic carbocycles. The zero-order chi connectivity index (χ0) is 12.0. The van der Waals surface area contributed by atoms with Crippen molar-refractivity contribution in [2.45, 2.75) is 18.2 Å². The molecule has 0 aromatic heterocycles. The molecule has 4 nitrogen and oxygen atoms in total. The Hall–Kier alpha value is -1.07. The third-order valence-corrected chi connectivity index (χ3v) is 3.93. The first-order valence-corrected chi connectivity index (χ1v) is 6.91. The van der Waals surface area contributed by atoms with Crippen LogP contribution in [0.15, 0.2) is 29.2 Å². The molecule has 0 unspecified atom stereocenters. The summed E-state index contributed by atoms with van der Waals surface area (Å²) < 4.78 is 28.4. The molecule has 2 N–H and O–H groups in total. The van der Waals surface area contributed by atoms with Crippen LogP contribution in [0.4, 0.5) is 0 Å². The van der Waals surface area contributed by atoms with Crippen molar-refractivity contribution in [3.8, 4) is 5.75 Å². The van der Waals surface area contributed by atoms with Crippen molar-refractivity contribution in [3.05, 3.63) is 24.3 Å². The third kappa shape index (κ3) is 3.50. The van der Waals surface area contributed by atoms with Gasteiger partial charge in [0.1, 0.15) is 5.75 Å². The number of sulfone groups is 1. The Balaban J connectivity index is 2.68. The Morgan fingerprint density at radius 2 is 1.88 bits per heavy atom. The molecule has 1 rings (SSSR count). The summed E-state index contributed by atoms with van der Waals surface area (Å²) in [5.74, 6) is 0.781. The van der Waals surface area contributed by atoms with E-state index in [1.165, 1.54) is 0 Å². The lowest BCUT2D eigenvalue weighted by atomic mass is 10.3. The smallest absolute Gasteiger partial charge is 0.178 e. The van der Waals surface area contributed by atoms with Crippen LogP contribution in [0.3, 0.4) is 0 Å². The quantitative estimate of drug-likeness (QED) is 0.762. The molecule has 0 saturated carbocycles. The molecule has 1 aromatic carbocycles. The maximum atomic E-state index is 11.5. The highest BCUT2D eigenvalue weighted by atomic mass is 32.2. The molecular formula is C11H17NO3S. The Morgan fingerprint density at radius 1 is 1.25 bits per heavy atom. The van der Waals surface area contributed by atoms with Gasteiger partial charge in [0.05, 0.1) is 17.3 Å². The summed E-state index contributed by atoms with van der Waals surface area (Å²) in [4.78, 5) is 0.334. The summed E-state index contributed by atoms with van der Waals surface area (Å²) in [6.45, 7) is 2.76. The summed E-state index contributed by atoms with van der Waals surface area (Å²) >= 11 is 0. The Morgan fingerprint density at radius 3 is 2.38 bits per heavy atom. The number of nitrogens with two attached hydrogens (primary N) is 1. The molecule has 1 aromatic rings. The van der Waals surface area contributed by atoms with Gasteiger partial charge in [-0.3, -0.25) is 0 Å². The number of benzene rings is 1. The average molecular weight is 243 g/mol. The lowest BCUT2D eigenvalue weighted by Crippen LogP contribution is -2.06. The third-order valence-electron chi connectivity index (χ3n) is 2.18. The summed E-state index contributed by atoms with van der Waals surface area (Å²) in [7, 11) is -3.12. The largest absolute Gasteiger partial charge is 0.494 e. The molecule has 16 heavy (non-hydrogen) atoms.